The number of hydrogen-bond donors (Lipinski definition) is 1. The largest absolute Gasteiger partial charge is 0.413 e. The summed E-state index contributed by atoms with van der Waals surface area (Å²) in [5.41, 5.74) is 12.6. The van der Waals surface area contributed by atoms with E-state index in [-0.39, 0.29) is 10.7 Å². The van der Waals surface area contributed by atoms with Crippen LogP contribution in [-0.4, -0.2) is 60.2 Å². The molecule has 45 heavy (non-hydrogen) atoms. The maximum Gasteiger partial charge on any atom is 0.269 e. The standard InChI is InChI=1S/C37H49N5O2Si/c1-25-17-34(36(38)43)39-42(25)32-14-15-35-33(20-32)28(9-8-16-44-45(6,7)37(2,3)4)24-41(35)21-26-10-12-27(13-11-26)29-18-30-22-40(5)23-31(30)19-29/h8-15,17,20,24,29-31H,16,18-19,21-23H2,1-7H3,(H2,38,43)/b9-8+/t29?,30-,31+. The molecule has 7 nitrogen and oxygen atoms in total. The maximum absolute atomic E-state index is 11.8. The molecule has 8 heteroatoms. The van der Waals surface area contributed by atoms with Crippen molar-refractivity contribution in [3.63, 3.8) is 0 Å². The first kappa shape index (κ1) is 31.5. The SMILES string of the molecule is Cc1cc(C(N)=O)nn1-c1ccc2c(c1)c(/C=C/CO[Si](C)(C)C(C)(C)C)cn2Cc1ccc(C2C[C@@H]3CN(C)C[C@@H]3C2)cc1. The third kappa shape index (κ3) is 6.46. The second-order valence-electron chi connectivity index (χ2n) is 15.0. The van der Waals surface area contributed by atoms with Crippen molar-refractivity contribution < 1.29 is 9.22 Å². The third-order valence-electron chi connectivity index (χ3n) is 10.7. The van der Waals surface area contributed by atoms with Gasteiger partial charge in [-0.3, -0.25) is 4.79 Å². The molecule has 6 rings (SSSR count). The van der Waals surface area contributed by atoms with Gasteiger partial charge in [-0.05, 0) is 104 Å². The lowest BCUT2D eigenvalue weighted by molar-refractivity contribution is 0.0995. The fourth-order valence-electron chi connectivity index (χ4n) is 7.11. The van der Waals surface area contributed by atoms with E-state index in [1.807, 2.05) is 6.92 Å². The van der Waals surface area contributed by atoms with E-state index in [1.165, 1.54) is 37.1 Å². The Morgan fingerprint density at radius 1 is 1.07 bits per heavy atom. The molecule has 2 aliphatic rings. The number of nitrogens with two attached hydrogens (primary N) is 1. The van der Waals surface area contributed by atoms with Gasteiger partial charge < -0.3 is 19.6 Å². The minimum atomic E-state index is -1.84. The van der Waals surface area contributed by atoms with Crippen LogP contribution in [0.25, 0.3) is 22.7 Å². The molecule has 238 valence electrons. The van der Waals surface area contributed by atoms with Crippen molar-refractivity contribution in [1.29, 1.82) is 0 Å². The van der Waals surface area contributed by atoms with Crippen LogP contribution < -0.4 is 5.73 Å². The lowest BCUT2D eigenvalue weighted by Gasteiger charge is -2.35. The zero-order chi connectivity index (χ0) is 32.1. The van der Waals surface area contributed by atoms with Gasteiger partial charge in [0, 0.05) is 42.4 Å². The molecule has 1 saturated heterocycles. The van der Waals surface area contributed by atoms with Crippen LogP contribution in [0.3, 0.4) is 0 Å². The highest BCUT2D eigenvalue weighted by Gasteiger charge is 2.40. The van der Waals surface area contributed by atoms with Gasteiger partial charge in [-0.2, -0.15) is 5.10 Å². The molecule has 0 spiro atoms. The predicted octanol–water partition coefficient (Wildman–Crippen LogP) is 7.37. The molecule has 0 radical (unpaired) electrons. The Labute approximate surface area is 269 Å². The number of amides is 1. The fourth-order valence-corrected chi connectivity index (χ4v) is 8.06. The number of hydrogen-bond acceptors (Lipinski definition) is 4. The zero-order valence-corrected chi connectivity index (χ0v) is 29.0. The van der Waals surface area contributed by atoms with Crippen LogP contribution in [0, 0.1) is 18.8 Å². The van der Waals surface area contributed by atoms with Crippen molar-refractivity contribution in [2.24, 2.45) is 17.6 Å². The summed E-state index contributed by atoms with van der Waals surface area (Å²) in [4.78, 5) is 14.3. The van der Waals surface area contributed by atoms with Gasteiger partial charge in [0.05, 0.1) is 12.3 Å². The van der Waals surface area contributed by atoms with Crippen molar-refractivity contribution >= 4 is 31.2 Å². The summed E-state index contributed by atoms with van der Waals surface area (Å²) in [6, 6.07) is 17.5. The Morgan fingerprint density at radius 2 is 1.76 bits per heavy atom. The van der Waals surface area contributed by atoms with Gasteiger partial charge in [0.2, 0.25) is 0 Å². The number of aryl methyl sites for hydroxylation is 1. The molecule has 3 heterocycles. The maximum atomic E-state index is 11.8. The molecule has 4 aromatic rings. The Hall–Kier alpha value is -3.46. The van der Waals surface area contributed by atoms with E-state index < -0.39 is 14.2 Å². The monoisotopic (exact) mass is 623 g/mol. The molecular weight excluding hydrogens is 575 g/mol. The molecule has 0 bridgehead atoms. The first-order valence-electron chi connectivity index (χ1n) is 16.4. The van der Waals surface area contributed by atoms with Gasteiger partial charge in [-0.15, -0.1) is 0 Å². The molecule has 2 aromatic carbocycles. The zero-order valence-electron chi connectivity index (χ0n) is 28.0. The molecule has 1 aliphatic heterocycles. The third-order valence-corrected chi connectivity index (χ3v) is 15.2. The van der Waals surface area contributed by atoms with Crippen LogP contribution in [0.2, 0.25) is 18.1 Å². The van der Waals surface area contributed by atoms with Crippen molar-refractivity contribution in [2.75, 3.05) is 26.7 Å². The molecule has 3 atom stereocenters. The van der Waals surface area contributed by atoms with Crippen molar-refractivity contribution in [3.05, 3.63) is 88.9 Å². The van der Waals surface area contributed by atoms with Crippen LogP contribution >= 0.6 is 0 Å². The topological polar surface area (TPSA) is 78.3 Å². The second-order valence-corrected chi connectivity index (χ2v) is 19.8. The van der Waals surface area contributed by atoms with Crippen LogP contribution in [0.15, 0.2) is 60.8 Å². The number of aromatic nitrogens is 3. The fraction of sp³-hybridized carbons (Fsp3) is 0.459. The molecule has 1 amide bonds. The van der Waals surface area contributed by atoms with E-state index in [0.29, 0.717) is 12.5 Å². The predicted molar refractivity (Wildman–Crippen MR) is 186 cm³/mol. The van der Waals surface area contributed by atoms with Crippen LogP contribution in [0.5, 0.6) is 0 Å². The molecule has 1 saturated carbocycles. The Bertz CT molecular complexity index is 1710. The summed E-state index contributed by atoms with van der Waals surface area (Å²) in [7, 11) is 0.419. The van der Waals surface area contributed by atoms with E-state index in [0.717, 1.165) is 46.2 Å². The number of benzene rings is 2. The molecule has 2 fully saturated rings. The number of likely N-dealkylation sites (tertiary alicyclic amines) is 1. The van der Waals surface area contributed by atoms with Gasteiger partial charge >= 0.3 is 0 Å². The van der Waals surface area contributed by atoms with Crippen LogP contribution in [0.1, 0.15) is 72.4 Å². The number of primary amides is 1. The smallest absolute Gasteiger partial charge is 0.269 e. The minimum Gasteiger partial charge on any atom is -0.413 e. The van der Waals surface area contributed by atoms with E-state index in [2.05, 4.69) is 116 Å². The summed E-state index contributed by atoms with van der Waals surface area (Å²) in [6.45, 7) is 17.2. The lowest BCUT2D eigenvalue weighted by atomic mass is 9.95. The number of carbonyl (C=O) groups excluding carboxylic acids is 1. The highest BCUT2D eigenvalue weighted by molar-refractivity contribution is 6.74. The second kappa shape index (κ2) is 12.0. The van der Waals surface area contributed by atoms with Crippen molar-refractivity contribution in [2.45, 2.75) is 71.1 Å². The van der Waals surface area contributed by atoms with Crippen LogP contribution in [0.4, 0.5) is 0 Å². The van der Waals surface area contributed by atoms with Gasteiger partial charge in [-0.25, -0.2) is 4.68 Å². The first-order chi connectivity index (χ1) is 21.3. The lowest BCUT2D eigenvalue weighted by Crippen LogP contribution is -2.40. The highest BCUT2D eigenvalue weighted by atomic mass is 28.4. The average Bonchev–Trinajstić information content (AvgIpc) is 3.72. The normalized spacial score (nSPS) is 20.9. The van der Waals surface area contributed by atoms with Gasteiger partial charge in [0.25, 0.3) is 5.91 Å². The van der Waals surface area contributed by atoms with Gasteiger partial charge in [-0.1, -0.05) is 57.2 Å². The highest BCUT2D eigenvalue weighted by Crippen LogP contribution is 2.46. The van der Waals surface area contributed by atoms with Crippen molar-refractivity contribution in [3.8, 4) is 5.69 Å². The minimum absolute atomic E-state index is 0.167. The summed E-state index contributed by atoms with van der Waals surface area (Å²) in [5, 5.41) is 5.78. The van der Waals surface area contributed by atoms with Gasteiger partial charge in [0.15, 0.2) is 14.0 Å². The molecule has 2 N–H and O–H groups in total. The summed E-state index contributed by atoms with van der Waals surface area (Å²) in [5.74, 6) is 1.90. The number of fused-ring (bicyclic) bond motifs is 2. The Balaban J connectivity index is 1.27. The van der Waals surface area contributed by atoms with E-state index in [1.54, 1.807) is 10.7 Å². The molecule has 2 aromatic heterocycles. The Kier molecular flexibility index (Phi) is 8.43. The summed E-state index contributed by atoms with van der Waals surface area (Å²) in [6.07, 6.45) is 9.21. The Morgan fingerprint density at radius 3 is 2.38 bits per heavy atom. The van der Waals surface area contributed by atoms with Gasteiger partial charge in [0.1, 0.15) is 0 Å². The molecular formula is C37H49N5O2Si. The summed E-state index contributed by atoms with van der Waals surface area (Å²) < 4.78 is 10.6. The first-order valence-corrected chi connectivity index (χ1v) is 19.3. The average molecular weight is 624 g/mol. The number of nitrogens with zero attached hydrogens (tertiary/aromatic N) is 4. The van der Waals surface area contributed by atoms with E-state index in [4.69, 9.17) is 10.2 Å². The van der Waals surface area contributed by atoms with Crippen molar-refractivity contribution in [1.82, 2.24) is 19.2 Å². The quantitative estimate of drug-likeness (QED) is 0.198. The van der Waals surface area contributed by atoms with E-state index >= 15 is 0 Å². The number of rotatable bonds is 9. The number of carbonyl (C=O) groups is 1. The van der Waals surface area contributed by atoms with E-state index in [9.17, 15) is 4.79 Å². The van der Waals surface area contributed by atoms with Crippen LogP contribution in [-0.2, 0) is 11.0 Å². The molecule has 1 unspecified atom stereocenters. The molecule has 1 aliphatic carbocycles. The summed E-state index contributed by atoms with van der Waals surface area (Å²) >= 11 is 0.